The number of nitrogens with one attached hydrogen (secondary N) is 2. The highest BCUT2D eigenvalue weighted by Crippen LogP contribution is 2.30. The second kappa shape index (κ2) is 9.18. The number of hydrogen-bond acceptors (Lipinski definition) is 4. The fraction of sp³-hybridized carbons (Fsp3) is 0.667. The standard InChI is InChI=1S/C18H29N3O2S/c1-21(2)18(10-5-3-4-6-11-18)14-20-16(22)9-12-19-17(23)15-8-7-13-24-15/h7-8,13H,3-6,9-12,14H2,1-2H3,(H,19,23)(H,20,22). The summed E-state index contributed by atoms with van der Waals surface area (Å²) in [5.74, 6) is -0.0988. The maximum absolute atomic E-state index is 12.1. The van der Waals surface area contributed by atoms with Crippen LogP contribution in [0.4, 0.5) is 0 Å². The molecule has 24 heavy (non-hydrogen) atoms. The molecule has 1 aliphatic carbocycles. The van der Waals surface area contributed by atoms with Gasteiger partial charge in [-0.2, -0.15) is 0 Å². The van der Waals surface area contributed by atoms with E-state index < -0.39 is 0 Å². The van der Waals surface area contributed by atoms with Crippen LogP contribution in [0.15, 0.2) is 17.5 Å². The number of hydrogen-bond donors (Lipinski definition) is 2. The monoisotopic (exact) mass is 351 g/mol. The Labute approximate surface area is 148 Å². The summed E-state index contributed by atoms with van der Waals surface area (Å²) in [6.45, 7) is 1.06. The van der Waals surface area contributed by atoms with E-state index >= 15 is 0 Å². The molecule has 0 bridgehead atoms. The average Bonchev–Trinajstić information content (AvgIpc) is 2.98. The van der Waals surface area contributed by atoms with Gasteiger partial charge in [0.25, 0.3) is 5.91 Å². The molecule has 0 aromatic carbocycles. The molecule has 0 saturated heterocycles. The molecule has 134 valence electrons. The van der Waals surface area contributed by atoms with E-state index in [9.17, 15) is 9.59 Å². The van der Waals surface area contributed by atoms with Crippen LogP contribution in [0, 0.1) is 0 Å². The van der Waals surface area contributed by atoms with Gasteiger partial charge in [-0.3, -0.25) is 9.59 Å². The van der Waals surface area contributed by atoms with Crippen LogP contribution in [0.1, 0.15) is 54.6 Å². The predicted molar refractivity (Wildman–Crippen MR) is 98.4 cm³/mol. The van der Waals surface area contributed by atoms with E-state index in [1.54, 1.807) is 6.07 Å². The lowest BCUT2D eigenvalue weighted by atomic mass is 9.88. The average molecular weight is 352 g/mol. The highest BCUT2D eigenvalue weighted by molar-refractivity contribution is 7.12. The highest BCUT2D eigenvalue weighted by atomic mass is 32.1. The second-order valence-electron chi connectivity index (χ2n) is 6.79. The van der Waals surface area contributed by atoms with Gasteiger partial charge in [-0.1, -0.05) is 31.7 Å². The molecule has 1 fully saturated rings. The Morgan fingerprint density at radius 2 is 1.88 bits per heavy atom. The Morgan fingerprint density at radius 1 is 1.17 bits per heavy atom. The molecular formula is C18H29N3O2S. The molecule has 1 aromatic heterocycles. The maximum atomic E-state index is 12.1. The Hall–Kier alpha value is -1.40. The number of amides is 2. The van der Waals surface area contributed by atoms with Crippen LogP contribution in [0.3, 0.4) is 0 Å². The van der Waals surface area contributed by atoms with Gasteiger partial charge in [-0.15, -0.1) is 11.3 Å². The van der Waals surface area contributed by atoms with Crippen LogP contribution in [-0.4, -0.2) is 49.4 Å². The first-order chi connectivity index (χ1) is 11.5. The molecule has 2 amide bonds. The highest BCUT2D eigenvalue weighted by Gasteiger charge is 2.33. The topological polar surface area (TPSA) is 61.4 Å². The minimum absolute atomic E-state index is 0.00644. The molecule has 1 saturated carbocycles. The third-order valence-corrected chi connectivity index (χ3v) is 5.85. The molecule has 1 heterocycles. The van der Waals surface area contributed by atoms with Gasteiger partial charge < -0.3 is 15.5 Å². The lowest BCUT2D eigenvalue weighted by molar-refractivity contribution is -0.121. The molecule has 1 aliphatic rings. The number of thiophene rings is 1. The van der Waals surface area contributed by atoms with Crippen molar-refractivity contribution < 1.29 is 9.59 Å². The van der Waals surface area contributed by atoms with E-state index in [1.807, 2.05) is 11.4 Å². The minimum Gasteiger partial charge on any atom is -0.354 e. The smallest absolute Gasteiger partial charge is 0.261 e. The summed E-state index contributed by atoms with van der Waals surface area (Å²) in [5.41, 5.74) is 0.0758. The molecule has 0 atom stereocenters. The van der Waals surface area contributed by atoms with Crippen LogP contribution in [0.5, 0.6) is 0 Å². The quantitative estimate of drug-likeness (QED) is 0.743. The van der Waals surface area contributed by atoms with Crippen LogP contribution < -0.4 is 10.6 Å². The lowest BCUT2D eigenvalue weighted by Gasteiger charge is -2.39. The minimum atomic E-state index is -0.105. The van der Waals surface area contributed by atoms with Crippen LogP contribution >= 0.6 is 11.3 Å². The van der Waals surface area contributed by atoms with Crippen molar-refractivity contribution in [2.24, 2.45) is 0 Å². The number of carbonyl (C=O) groups excluding carboxylic acids is 2. The molecule has 6 heteroatoms. The van der Waals surface area contributed by atoms with Crippen LogP contribution in [0.25, 0.3) is 0 Å². The maximum Gasteiger partial charge on any atom is 0.261 e. The SMILES string of the molecule is CN(C)C1(CNC(=O)CCNC(=O)c2cccs2)CCCCCC1. The Balaban J connectivity index is 1.74. The number of nitrogens with zero attached hydrogens (tertiary/aromatic N) is 1. The lowest BCUT2D eigenvalue weighted by Crippen LogP contribution is -2.52. The van der Waals surface area contributed by atoms with Crippen molar-refractivity contribution in [2.45, 2.75) is 50.5 Å². The van der Waals surface area contributed by atoms with Crippen molar-refractivity contribution in [1.29, 1.82) is 0 Å². The summed E-state index contributed by atoms with van der Waals surface area (Å²) in [7, 11) is 4.22. The summed E-state index contributed by atoms with van der Waals surface area (Å²) in [5, 5.41) is 7.75. The Kier molecular flexibility index (Phi) is 7.24. The molecule has 5 nitrogen and oxygen atoms in total. The fourth-order valence-electron chi connectivity index (χ4n) is 3.30. The van der Waals surface area contributed by atoms with E-state index in [-0.39, 0.29) is 17.4 Å². The zero-order valence-corrected chi connectivity index (χ0v) is 15.6. The van der Waals surface area contributed by atoms with E-state index in [2.05, 4.69) is 29.6 Å². The van der Waals surface area contributed by atoms with Crippen molar-refractivity contribution in [3.05, 3.63) is 22.4 Å². The third-order valence-electron chi connectivity index (χ3n) is 4.98. The molecule has 2 rings (SSSR count). The Bertz CT molecular complexity index is 520. The first-order valence-corrected chi connectivity index (χ1v) is 9.67. The molecule has 0 unspecified atom stereocenters. The van der Waals surface area contributed by atoms with Crippen molar-refractivity contribution in [3.63, 3.8) is 0 Å². The zero-order valence-electron chi connectivity index (χ0n) is 14.8. The van der Waals surface area contributed by atoms with Gasteiger partial charge >= 0.3 is 0 Å². The molecule has 0 aliphatic heterocycles. The molecule has 0 spiro atoms. The zero-order chi connectivity index (χ0) is 17.4. The van der Waals surface area contributed by atoms with Gasteiger partial charge in [0.15, 0.2) is 0 Å². The summed E-state index contributed by atoms with van der Waals surface area (Å²) in [4.78, 5) is 26.9. The van der Waals surface area contributed by atoms with Crippen molar-refractivity contribution in [1.82, 2.24) is 15.5 Å². The molecule has 0 radical (unpaired) electrons. The summed E-state index contributed by atoms with van der Waals surface area (Å²) in [6, 6.07) is 3.63. The van der Waals surface area contributed by atoms with Crippen molar-refractivity contribution in [2.75, 3.05) is 27.2 Å². The Morgan fingerprint density at radius 3 is 2.46 bits per heavy atom. The van der Waals surface area contributed by atoms with Gasteiger partial charge in [-0.25, -0.2) is 0 Å². The summed E-state index contributed by atoms with van der Waals surface area (Å²) in [6.07, 6.45) is 7.62. The van der Waals surface area contributed by atoms with E-state index in [1.165, 1.54) is 37.0 Å². The van der Waals surface area contributed by atoms with Gasteiger partial charge in [0.05, 0.1) is 4.88 Å². The van der Waals surface area contributed by atoms with Crippen LogP contribution in [-0.2, 0) is 4.79 Å². The second-order valence-corrected chi connectivity index (χ2v) is 7.74. The van der Waals surface area contributed by atoms with Crippen molar-refractivity contribution >= 4 is 23.2 Å². The largest absolute Gasteiger partial charge is 0.354 e. The van der Waals surface area contributed by atoms with Gasteiger partial charge in [0.1, 0.15) is 0 Å². The normalized spacial score (nSPS) is 17.3. The predicted octanol–water partition coefficient (Wildman–Crippen LogP) is 2.64. The summed E-state index contributed by atoms with van der Waals surface area (Å²) >= 11 is 1.41. The number of carbonyl (C=O) groups is 2. The first kappa shape index (κ1) is 18.9. The molecule has 2 N–H and O–H groups in total. The number of rotatable bonds is 7. The van der Waals surface area contributed by atoms with E-state index in [4.69, 9.17) is 0 Å². The number of likely N-dealkylation sites (N-methyl/N-ethyl adjacent to an activating group) is 1. The molecule has 1 aromatic rings. The fourth-order valence-corrected chi connectivity index (χ4v) is 3.94. The van der Waals surface area contributed by atoms with E-state index in [0.29, 0.717) is 24.4 Å². The van der Waals surface area contributed by atoms with Gasteiger partial charge in [0.2, 0.25) is 5.91 Å². The third kappa shape index (κ3) is 5.31. The first-order valence-electron chi connectivity index (χ1n) is 8.79. The molecular weight excluding hydrogens is 322 g/mol. The van der Waals surface area contributed by atoms with Crippen molar-refractivity contribution in [3.8, 4) is 0 Å². The van der Waals surface area contributed by atoms with Gasteiger partial charge in [0, 0.05) is 25.0 Å². The van der Waals surface area contributed by atoms with E-state index in [0.717, 1.165) is 12.8 Å². The summed E-state index contributed by atoms with van der Waals surface area (Å²) < 4.78 is 0. The van der Waals surface area contributed by atoms with Crippen LogP contribution in [0.2, 0.25) is 0 Å². The van der Waals surface area contributed by atoms with Gasteiger partial charge in [-0.05, 0) is 38.4 Å².